The number of benzene rings is 1. The van der Waals surface area contributed by atoms with Gasteiger partial charge in [0.25, 0.3) is 11.6 Å². The number of rotatable bonds is 8. The second-order valence-corrected chi connectivity index (χ2v) is 7.11. The van der Waals surface area contributed by atoms with Crippen molar-refractivity contribution in [1.82, 2.24) is 4.90 Å². The molecule has 136 valence electrons. The third-order valence-corrected chi connectivity index (χ3v) is 4.77. The van der Waals surface area contributed by atoms with E-state index in [1.165, 1.54) is 22.7 Å². The number of nitro groups is 1. The minimum absolute atomic E-state index is 0. The Morgan fingerprint density at radius 1 is 1.38 bits per heavy atom. The molecule has 1 aromatic carbocycles. The summed E-state index contributed by atoms with van der Waals surface area (Å²) in [5.41, 5.74) is 5.86. The average molecular weight is 376 g/mol. The van der Waals surface area contributed by atoms with Crippen LogP contribution in [0.2, 0.25) is 0 Å². The summed E-state index contributed by atoms with van der Waals surface area (Å²) >= 11 is 1.46. The molecule has 0 aliphatic rings. The number of hydrogen-bond donors (Lipinski definition) is 1. The molecule has 0 saturated heterocycles. The molecule has 6 nitrogen and oxygen atoms in total. The molecule has 1 atom stereocenters. The van der Waals surface area contributed by atoms with Crippen LogP contribution in [0, 0.1) is 16.0 Å². The van der Waals surface area contributed by atoms with E-state index in [9.17, 15) is 14.9 Å². The molecular weight excluding hydrogens is 350 g/mol. The Hall–Kier alpha value is -1.31. The summed E-state index contributed by atoms with van der Waals surface area (Å²) in [4.78, 5) is 25.3. The molecule has 0 heterocycles. The van der Waals surface area contributed by atoms with E-state index < -0.39 is 4.92 Å². The largest absolute Gasteiger partial charge is 0.338 e. The van der Waals surface area contributed by atoms with E-state index in [-0.39, 0.29) is 30.0 Å². The number of nitro benzene ring substituents is 1. The summed E-state index contributed by atoms with van der Waals surface area (Å²) in [6.07, 6.45) is 0.985. The van der Waals surface area contributed by atoms with Gasteiger partial charge in [-0.25, -0.2) is 0 Å². The highest BCUT2D eigenvalue weighted by molar-refractivity contribution is 7.99. The first kappa shape index (κ1) is 22.7. The van der Waals surface area contributed by atoms with Gasteiger partial charge in [0, 0.05) is 31.3 Å². The van der Waals surface area contributed by atoms with Gasteiger partial charge in [-0.1, -0.05) is 13.8 Å². The van der Waals surface area contributed by atoms with Crippen LogP contribution >= 0.6 is 24.2 Å². The summed E-state index contributed by atoms with van der Waals surface area (Å²) < 4.78 is 0. The molecule has 0 spiro atoms. The molecule has 1 unspecified atom stereocenters. The highest BCUT2D eigenvalue weighted by atomic mass is 35.5. The van der Waals surface area contributed by atoms with Gasteiger partial charge in [-0.3, -0.25) is 14.9 Å². The van der Waals surface area contributed by atoms with Gasteiger partial charge in [0.15, 0.2) is 0 Å². The molecule has 8 heteroatoms. The van der Waals surface area contributed by atoms with Gasteiger partial charge in [0.2, 0.25) is 0 Å². The zero-order chi connectivity index (χ0) is 17.6. The molecular formula is C16H26ClN3O3S. The number of nitrogens with zero attached hydrogens (tertiary/aromatic N) is 2. The van der Waals surface area contributed by atoms with Crippen molar-refractivity contribution in [2.24, 2.45) is 11.7 Å². The topological polar surface area (TPSA) is 89.5 Å². The van der Waals surface area contributed by atoms with E-state index in [0.717, 1.165) is 12.2 Å². The first-order chi connectivity index (χ1) is 10.8. The van der Waals surface area contributed by atoms with Gasteiger partial charge >= 0.3 is 0 Å². The summed E-state index contributed by atoms with van der Waals surface area (Å²) in [5, 5.41) is 11.3. The van der Waals surface area contributed by atoms with E-state index >= 15 is 0 Å². The van der Waals surface area contributed by atoms with Crippen LogP contribution in [0.25, 0.3) is 0 Å². The van der Waals surface area contributed by atoms with E-state index in [4.69, 9.17) is 5.73 Å². The lowest BCUT2D eigenvalue weighted by Gasteiger charge is -2.23. The zero-order valence-electron chi connectivity index (χ0n) is 14.5. The maximum Gasteiger partial charge on any atom is 0.283 e. The van der Waals surface area contributed by atoms with Crippen molar-refractivity contribution in [3.63, 3.8) is 0 Å². The minimum atomic E-state index is -0.430. The van der Waals surface area contributed by atoms with Gasteiger partial charge in [-0.15, -0.1) is 24.2 Å². The number of carbonyl (C=O) groups excluding carboxylic acids is 1. The standard InChI is InChI=1S/C16H25N3O3S.ClH/c1-11(2)7-8-23-15-6-5-13(9-14(15)19(21)22)16(20)18(4)12(3)10-17;/h5-6,9,11-12H,7-8,10,17H2,1-4H3;1H. The Bertz CT molecular complexity index is 569. The molecule has 24 heavy (non-hydrogen) atoms. The van der Waals surface area contributed by atoms with Crippen molar-refractivity contribution in [3.8, 4) is 0 Å². The lowest BCUT2D eigenvalue weighted by atomic mass is 10.1. The van der Waals surface area contributed by atoms with Gasteiger partial charge in [-0.2, -0.15) is 0 Å². The fourth-order valence-corrected chi connectivity index (χ4v) is 3.14. The van der Waals surface area contributed by atoms with Crippen molar-refractivity contribution in [1.29, 1.82) is 0 Å². The Kier molecular flexibility index (Phi) is 9.96. The number of likely N-dealkylation sites (N-methyl/N-ethyl adjacent to an activating group) is 1. The smallest absolute Gasteiger partial charge is 0.283 e. The van der Waals surface area contributed by atoms with Crippen LogP contribution in [0.3, 0.4) is 0 Å². The highest BCUT2D eigenvalue weighted by Gasteiger charge is 2.21. The summed E-state index contributed by atoms with van der Waals surface area (Å²) in [6.45, 7) is 6.41. The monoisotopic (exact) mass is 375 g/mol. The van der Waals surface area contributed by atoms with E-state index in [2.05, 4.69) is 13.8 Å². The van der Waals surface area contributed by atoms with E-state index in [1.54, 1.807) is 19.2 Å². The fourth-order valence-electron chi connectivity index (χ4n) is 1.88. The number of hydrogen-bond acceptors (Lipinski definition) is 5. The lowest BCUT2D eigenvalue weighted by molar-refractivity contribution is -0.387. The molecule has 0 bridgehead atoms. The Morgan fingerprint density at radius 2 is 2.00 bits per heavy atom. The molecule has 0 aliphatic carbocycles. The molecule has 1 rings (SSSR count). The van der Waals surface area contributed by atoms with Crippen molar-refractivity contribution < 1.29 is 9.72 Å². The van der Waals surface area contributed by atoms with Gasteiger partial charge < -0.3 is 10.6 Å². The second-order valence-electron chi connectivity index (χ2n) is 5.97. The van der Waals surface area contributed by atoms with Crippen LogP contribution in [0.4, 0.5) is 5.69 Å². The first-order valence-corrected chi connectivity index (χ1v) is 8.65. The predicted molar refractivity (Wildman–Crippen MR) is 101 cm³/mol. The van der Waals surface area contributed by atoms with Crippen molar-refractivity contribution in [3.05, 3.63) is 33.9 Å². The molecule has 0 aliphatic heterocycles. The third-order valence-electron chi connectivity index (χ3n) is 3.68. The van der Waals surface area contributed by atoms with Crippen LogP contribution in [-0.4, -0.2) is 41.1 Å². The van der Waals surface area contributed by atoms with E-state index in [0.29, 0.717) is 22.9 Å². The summed E-state index contributed by atoms with van der Waals surface area (Å²) in [5.74, 6) is 1.11. The highest BCUT2D eigenvalue weighted by Crippen LogP contribution is 2.31. The SMILES string of the molecule is CC(C)CCSc1ccc(C(=O)N(C)C(C)CN)cc1[N+](=O)[O-].Cl. The maximum absolute atomic E-state index is 12.4. The molecule has 0 fully saturated rings. The zero-order valence-corrected chi connectivity index (χ0v) is 16.2. The average Bonchev–Trinajstić information content (AvgIpc) is 2.52. The Morgan fingerprint density at radius 3 is 2.50 bits per heavy atom. The lowest BCUT2D eigenvalue weighted by Crippen LogP contribution is -2.39. The molecule has 0 aromatic heterocycles. The number of carbonyl (C=O) groups is 1. The van der Waals surface area contributed by atoms with Crippen LogP contribution in [0.15, 0.2) is 23.1 Å². The van der Waals surface area contributed by atoms with Gasteiger partial charge in [0.1, 0.15) is 0 Å². The Labute approximate surface area is 153 Å². The maximum atomic E-state index is 12.4. The molecule has 0 radical (unpaired) electrons. The van der Waals surface area contributed by atoms with E-state index in [1.807, 2.05) is 6.92 Å². The molecule has 1 aromatic rings. The van der Waals surface area contributed by atoms with Crippen molar-refractivity contribution >= 4 is 35.8 Å². The van der Waals surface area contributed by atoms with Crippen LogP contribution in [0.1, 0.15) is 37.6 Å². The van der Waals surface area contributed by atoms with Crippen molar-refractivity contribution in [2.45, 2.75) is 38.1 Å². The van der Waals surface area contributed by atoms with Crippen LogP contribution in [-0.2, 0) is 0 Å². The number of thioether (sulfide) groups is 1. The normalized spacial score (nSPS) is 11.8. The van der Waals surface area contributed by atoms with Crippen LogP contribution < -0.4 is 5.73 Å². The summed E-state index contributed by atoms with van der Waals surface area (Å²) in [6, 6.07) is 4.55. The van der Waals surface area contributed by atoms with Gasteiger partial charge in [0.05, 0.1) is 9.82 Å². The first-order valence-electron chi connectivity index (χ1n) is 7.66. The van der Waals surface area contributed by atoms with Gasteiger partial charge in [-0.05, 0) is 37.1 Å². The molecule has 0 saturated carbocycles. The molecule has 2 N–H and O–H groups in total. The third kappa shape index (κ3) is 6.30. The van der Waals surface area contributed by atoms with Crippen molar-refractivity contribution in [2.75, 3.05) is 19.3 Å². The minimum Gasteiger partial charge on any atom is -0.338 e. The molecule has 1 amide bonds. The Balaban J connectivity index is 0.00000529. The predicted octanol–water partition coefficient (Wildman–Crippen LogP) is 3.57. The number of halogens is 1. The fraction of sp³-hybridized carbons (Fsp3) is 0.562. The second kappa shape index (κ2) is 10.5. The number of nitrogens with two attached hydrogens (primary N) is 1. The van der Waals surface area contributed by atoms with Crippen LogP contribution in [0.5, 0.6) is 0 Å². The summed E-state index contributed by atoms with van der Waals surface area (Å²) in [7, 11) is 1.65. The quantitative estimate of drug-likeness (QED) is 0.426. The number of amides is 1.